The van der Waals surface area contributed by atoms with Gasteiger partial charge in [-0.25, -0.2) is 8.42 Å². The summed E-state index contributed by atoms with van der Waals surface area (Å²) in [5.74, 6) is -1.49. The van der Waals surface area contributed by atoms with E-state index in [1.54, 1.807) is 6.07 Å². The average Bonchev–Trinajstić information content (AvgIpc) is 2.82. The van der Waals surface area contributed by atoms with E-state index in [4.69, 9.17) is 4.74 Å². The predicted molar refractivity (Wildman–Crippen MR) is 113 cm³/mol. The Kier molecular flexibility index (Phi) is 7.18. The number of amides is 2. The molecule has 11 nitrogen and oxygen atoms in total. The standard InChI is InChI=1S/C20H22N4O7S/c1-2-14-6-7-16(13-18(14)32(29,30)23-8-10-31-11-9-23)20(26)22-21-19(25)15-4-3-5-17(12-15)24(27)28/h3-7,12-13H,2,8-11H2,1H3,(H,21,25)(H,22,26). The Bertz CT molecular complexity index is 1140. The Labute approximate surface area is 184 Å². The molecule has 0 spiro atoms. The number of nitro benzene ring substituents is 1. The van der Waals surface area contributed by atoms with E-state index in [0.717, 1.165) is 6.07 Å². The number of ether oxygens (including phenoxy) is 1. The maximum atomic E-state index is 13.1. The normalized spacial score (nSPS) is 14.5. The van der Waals surface area contributed by atoms with Gasteiger partial charge in [-0.1, -0.05) is 19.1 Å². The molecule has 0 unspecified atom stereocenters. The van der Waals surface area contributed by atoms with Crippen molar-refractivity contribution in [3.8, 4) is 0 Å². The second-order valence-electron chi connectivity index (χ2n) is 6.91. The number of sulfonamides is 1. The van der Waals surface area contributed by atoms with Crippen LogP contribution < -0.4 is 10.9 Å². The zero-order chi connectivity index (χ0) is 23.3. The van der Waals surface area contributed by atoms with Gasteiger partial charge in [0.2, 0.25) is 10.0 Å². The average molecular weight is 462 g/mol. The summed E-state index contributed by atoms with van der Waals surface area (Å²) in [5, 5.41) is 10.9. The summed E-state index contributed by atoms with van der Waals surface area (Å²) in [5.41, 5.74) is 4.70. The number of hydrogen-bond acceptors (Lipinski definition) is 7. The molecule has 1 aliphatic rings. The van der Waals surface area contributed by atoms with E-state index in [0.29, 0.717) is 25.2 Å². The Balaban J connectivity index is 1.77. The number of nitrogens with zero attached hydrogens (tertiary/aromatic N) is 2. The molecule has 32 heavy (non-hydrogen) atoms. The van der Waals surface area contributed by atoms with E-state index in [2.05, 4.69) is 10.9 Å². The highest BCUT2D eigenvalue weighted by Gasteiger charge is 2.29. The van der Waals surface area contributed by atoms with Crippen molar-refractivity contribution in [3.63, 3.8) is 0 Å². The van der Waals surface area contributed by atoms with E-state index in [9.17, 15) is 28.1 Å². The van der Waals surface area contributed by atoms with Crippen molar-refractivity contribution in [3.05, 3.63) is 69.3 Å². The van der Waals surface area contributed by atoms with E-state index in [-0.39, 0.29) is 34.8 Å². The van der Waals surface area contributed by atoms with Gasteiger partial charge >= 0.3 is 0 Å². The van der Waals surface area contributed by atoms with Crippen LogP contribution in [-0.2, 0) is 21.2 Å². The van der Waals surface area contributed by atoms with E-state index in [1.165, 1.54) is 34.6 Å². The van der Waals surface area contributed by atoms with Gasteiger partial charge in [0, 0.05) is 36.3 Å². The van der Waals surface area contributed by atoms with Crippen molar-refractivity contribution in [1.82, 2.24) is 15.2 Å². The Morgan fingerprint density at radius 3 is 2.28 bits per heavy atom. The van der Waals surface area contributed by atoms with Crippen LogP contribution in [0.4, 0.5) is 5.69 Å². The molecular formula is C20H22N4O7S. The highest BCUT2D eigenvalue weighted by Crippen LogP contribution is 2.23. The first-order valence-corrected chi connectivity index (χ1v) is 11.2. The summed E-state index contributed by atoms with van der Waals surface area (Å²) in [6.45, 7) is 2.85. The maximum Gasteiger partial charge on any atom is 0.270 e. The van der Waals surface area contributed by atoms with Gasteiger partial charge in [-0.3, -0.25) is 30.6 Å². The molecule has 1 heterocycles. The number of hydrazine groups is 1. The summed E-state index contributed by atoms with van der Waals surface area (Å²) in [6, 6.07) is 9.32. The molecular weight excluding hydrogens is 440 g/mol. The first-order chi connectivity index (χ1) is 15.2. The largest absolute Gasteiger partial charge is 0.379 e. The Morgan fingerprint density at radius 1 is 1.06 bits per heavy atom. The molecule has 170 valence electrons. The molecule has 2 aromatic carbocycles. The first-order valence-electron chi connectivity index (χ1n) is 9.80. The van der Waals surface area contributed by atoms with Gasteiger partial charge in [0.1, 0.15) is 0 Å². The van der Waals surface area contributed by atoms with Gasteiger partial charge in [-0.2, -0.15) is 4.31 Å². The summed E-state index contributed by atoms with van der Waals surface area (Å²) in [6.07, 6.45) is 0.449. The van der Waals surface area contributed by atoms with Crippen LogP contribution in [0.1, 0.15) is 33.2 Å². The minimum atomic E-state index is -3.83. The third-order valence-corrected chi connectivity index (χ3v) is 6.89. The predicted octanol–water partition coefficient (Wildman–Crippen LogP) is 1.25. The van der Waals surface area contributed by atoms with Crippen molar-refractivity contribution in [2.45, 2.75) is 18.2 Å². The molecule has 2 aromatic rings. The molecule has 0 atom stereocenters. The van der Waals surface area contributed by atoms with Crippen LogP contribution in [0.5, 0.6) is 0 Å². The Morgan fingerprint density at radius 2 is 1.69 bits per heavy atom. The molecule has 2 N–H and O–H groups in total. The highest BCUT2D eigenvalue weighted by molar-refractivity contribution is 7.89. The molecule has 1 aliphatic heterocycles. The fraction of sp³-hybridized carbons (Fsp3) is 0.300. The topological polar surface area (TPSA) is 148 Å². The second-order valence-corrected chi connectivity index (χ2v) is 8.81. The number of benzene rings is 2. The second kappa shape index (κ2) is 9.85. The van der Waals surface area contributed by atoms with Crippen LogP contribution in [0.15, 0.2) is 47.4 Å². The summed E-state index contributed by atoms with van der Waals surface area (Å²) in [7, 11) is -3.83. The fourth-order valence-corrected chi connectivity index (χ4v) is 4.90. The van der Waals surface area contributed by atoms with Crippen molar-refractivity contribution in [2.24, 2.45) is 0 Å². The molecule has 3 rings (SSSR count). The SMILES string of the molecule is CCc1ccc(C(=O)NNC(=O)c2cccc([N+](=O)[O-])c2)cc1S(=O)(=O)N1CCOCC1. The van der Waals surface area contributed by atoms with Crippen LogP contribution in [0.25, 0.3) is 0 Å². The van der Waals surface area contributed by atoms with Gasteiger partial charge in [-0.05, 0) is 30.2 Å². The van der Waals surface area contributed by atoms with Crippen LogP contribution in [0, 0.1) is 10.1 Å². The summed E-state index contributed by atoms with van der Waals surface area (Å²) in [4.78, 5) is 35.0. The lowest BCUT2D eigenvalue weighted by Crippen LogP contribution is -2.42. The van der Waals surface area contributed by atoms with Crippen LogP contribution >= 0.6 is 0 Å². The molecule has 0 aromatic heterocycles. The van der Waals surface area contributed by atoms with Gasteiger partial charge in [0.15, 0.2) is 0 Å². The smallest absolute Gasteiger partial charge is 0.270 e. The maximum absolute atomic E-state index is 13.1. The zero-order valence-corrected chi connectivity index (χ0v) is 18.1. The van der Waals surface area contributed by atoms with Crippen LogP contribution in [0.2, 0.25) is 0 Å². The van der Waals surface area contributed by atoms with Crippen molar-refractivity contribution >= 4 is 27.5 Å². The highest BCUT2D eigenvalue weighted by atomic mass is 32.2. The number of nitrogens with one attached hydrogen (secondary N) is 2. The number of morpholine rings is 1. The van der Waals surface area contributed by atoms with Crippen molar-refractivity contribution in [1.29, 1.82) is 0 Å². The van der Waals surface area contributed by atoms with Crippen molar-refractivity contribution < 1.29 is 27.7 Å². The molecule has 1 fully saturated rings. The Hall–Kier alpha value is -3.35. The molecule has 0 aliphatic carbocycles. The number of carbonyl (C=O) groups excluding carboxylic acids is 2. The quantitative estimate of drug-likeness (QED) is 0.485. The molecule has 0 bridgehead atoms. The van der Waals surface area contributed by atoms with Crippen LogP contribution in [-0.4, -0.2) is 55.8 Å². The number of rotatable bonds is 6. The lowest BCUT2D eigenvalue weighted by Gasteiger charge is -2.27. The van der Waals surface area contributed by atoms with E-state index >= 15 is 0 Å². The number of non-ortho nitro benzene ring substituents is 1. The third kappa shape index (κ3) is 5.10. The zero-order valence-electron chi connectivity index (χ0n) is 17.2. The van der Waals surface area contributed by atoms with Gasteiger partial charge in [0.05, 0.1) is 23.0 Å². The summed E-state index contributed by atoms with van der Waals surface area (Å²) < 4.78 is 32.7. The molecule has 2 amide bonds. The van der Waals surface area contributed by atoms with Crippen LogP contribution in [0.3, 0.4) is 0 Å². The minimum absolute atomic E-state index is 0.0172. The lowest BCUT2D eigenvalue weighted by atomic mass is 10.1. The molecule has 0 saturated carbocycles. The lowest BCUT2D eigenvalue weighted by molar-refractivity contribution is -0.384. The molecule has 12 heteroatoms. The summed E-state index contributed by atoms with van der Waals surface area (Å²) >= 11 is 0. The molecule has 1 saturated heterocycles. The van der Waals surface area contributed by atoms with E-state index < -0.39 is 26.8 Å². The van der Waals surface area contributed by atoms with E-state index in [1.807, 2.05) is 6.92 Å². The molecule has 0 radical (unpaired) electrons. The number of carbonyl (C=O) groups is 2. The first kappa shape index (κ1) is 23.3. The fourth-order valence-electron chi connectivity index (χ4n) is 3.17. The van der Waals surface area contributed by atoms with Gasteiger partial charge < -0.3 is 4.74 Å². The van der Waals surface area contributed by atoms with Gasteiger partial charge in [0.25, 0.3) is 17.5 Å². The number of hydrogen-bond donors (Lipinski definition) is 2. The number of aryl methyl sites for hydroxylation is 1. The third-order valence-electron chi connectivity index (χ3n) is 4.91. The number of nitro groups is 1. The van der Waals surface area contributed by atoms with Crippen molar-refractivity contribution in [2.75, 3.05) is 26.3 Å². The monoisotopic (exact) mass is 462 g/mol. The van der Waals surface area contributed by atoms with Gasteiger partial charge in [-0.15, -0.1) is 0 Å². The minimum Gasteiger partial charge on any atom is -0.379 e.